The maximum atomic E-state index is 13.5. The average molecular weight is 481 g/mol. The van der Waals surface area contributed by atoms with Crippen LogP contribution in [0.4, 0.5) is 5.69 Å². The van der Waals surface area contributed by atoms with E-state index in [-0.39, 0.29) is 35.8 Å². The molecule has 1 N–H and O–H groups in total. The molecule has 1 aliphatic carbocycles. The monoisotopic (exact) mass is 480 g/mol. The third kappa shape index (κ3) is 6.38. The van der Waals surface area contributed by atoms with E-state index in [1.54, 1.807) is 37.3 Å². The summed E-state index contributed by atoms with van der Waals surface area (Å²) in [5, 5.41) is 2.94. The quantitative estimate of drug-likeness (QED) is 0.706. The summed E-state index contributed by atoms with van der Waals surface area (Å²) >= 11 is 0. The van der Waals surface area contributed by atoms with Gasteiger partial charge >= 0.3 is 0 Å². The molecule has 0 saturated heterocycles. The van der Waals surface area contributed by atoms with E-state index >= 15 is 0 Å². The minimum atomic E-state index is -0.154. The van der Waals surface area contributed by atoms with Crippen LogP contribution in [-0.2, 0) is 16.1 Å². The van der Waals surface area contributed by atoms with Crippen molar-refractivity contribution in [1.29, 1.82) is 0 Å². The zero-order valence-electron chi connectivity index (χ0n) is 21.1. The van der Waals surface area contributed by atoms with Gasteiger partial charge in [0.2, 0.25) is 5.91 Å². The van der Waals surface area contributed by atoms with Crippen molar-refractivity contribution in [2.45, 2.75) is 45.4 Å². The van der Waals surface area contributed by atoms with E-state index in [1.807, 2.05) is 24.5 Å². The fourth-order valence-electron chi connectivity index (χ4n) is 4.46. The highest BCUT2D eigenvalue weighted by Crippen LogP contribution is 2.31. The van der Waals surface area contributed by atoms with Gasteiger partial charge < -0.3 is 19.7 Å². The van der Waals surface area contributed by atoms with Crippen molar-refractivity contribution in [2.24, 2.45) is 11.8 Å². The molecular formula is C27H36N4O4. The lowest BCUT2D eigenvalue weighted by Crippen LogP contribution is -2.46. The fourth-order valence-corrected chi connectivity index (χ4v) is 4.46. The van der Waals surface area contributed by atoms with Gasteiger partial charge in [-0.1, -0.05) is 6.92 Å². The summed E-state index contributed by atoms with van der Waals surface area (Å²) in [6.45, 7) is 6.73. The molecule has 35 heavy (non-hydrogen) atoms. The predicted octanol–water partition coefficient (Wildman–Crippen LogP) is 3.44. The van der Waals surface area contributed by atoms with Crippen molar-refractivity contribution >= 4 is 17.5 Å². The summed E-state index contributed by atoms with van der Waals surface area (Å²) in [5.74, 6) is 0.640. The molecule has 2 amide bonds. The maximum Gasteiger partial charge on any atom is 0.257 e. The second-order valence-corrected chi connectivity index (χ2v) is 9.86. The highest BCUT2D eigenvalue weighted by Gasteiger charge is 2.31. The molecule has 3 atom stereocenters. The number of rotatable bonds is 5. The molecular weight excluding hydrogens is 444 g/mol. The third-order valence-corrected chi connectivity index (χ3v) is 6.92. The average Bonchev–Trinajstić information content (AvgIpc) is 3.71. The Morgan fingerprint density at radius 2 is 1.91 bits per heavy atom. The highest BCUT2D eigenvalue weighted by molar-refractivity contribution is 6.00. The Labute approximate surface area is 207 Å². The number of methoxy groups -OCH3 is 1. The largest absolute Gasteiger partial charge is 0.491 e. The van der Waals surface area contributed by atoms with Gasteiger partial charge in [0, 0.05) is 63.8 Å². The molecule has 188 valence electrons. The number of aromatic nitrogens is 1. The number of hydrogen-bond acceptors (Lipinski definition) is 6. The summed E-state index contributed by atoms with van der Waals surface area (Å²) in [4.78, 5) is 33.9. The van der Waals surface area contributed by atoms with E-state index in [0.29, 0.717) is 30.2 Å². The number of fused-ring (bicyclic) bond motifs is 1. The number of anilines is 1. The molecule has 1 saturated carbocycles. The topological polar surface area (TPSA) is 84.0 Å². The second-order valence-electron chi connectivity index (χ2n) is 9.86. The van der Waals surface area contributed by atoms with Gasteiger partial charge in [-0.15, -0.1) is 0 Å². The summed E-state index contributed by atoms with van der Waals surface area (Å²) < 4.78 is 12.1. The predicted molar refractivity (Wildman–Crippen MR) is 134 cm³/mol. The zero-order chi connectivity index (χ0) is 24.9. The Balaban J connectivity index is 1.61. The van der Waals surface area contributed by atoms with Crippen molar-refractivity contribution in [3.63, 3.8) is 0 Å². The van der Waals surface area contributed by atoms with Gasteiger partial charge in [-0.05, 0) is 61.6 Å². The van der Waals surface area contributed by atoms with Crippen molar-refractivity contribution in [2.75, 3.05) is 39.2 Å². The number of amides is 2. The van der Waals surface area contributed by atoms with Gasteiger partial charge in [-0.2, -0.15) is 0 Å². The van der Waals surface area contributed by atoms with Crippen LogP contribution in [0.1, 0.15) is 42.6 Å². The first-order chi connectivity index (χ1) is 16.9. The van der Waals surface area contributed by atoms with Crippen LogP contribution in [0, 0.1) is 11.8 Å². The fraction of sp³-hybridized carbons (Fsp3) is 0.519. The van der Waals surface area contributed by atoms with Crippen molar-refractivity contribution in [3.8, 4) is 5.75 Å². The molecule has 8 nitrogen and oxygen atoms in total. The Morgan fingerprint density at radius 3 is 2.60 bits per heavy atom. The normalized spacial score (nSPS) is 24.1. The number of ether oxygens (including phenoxy) is 2. The van der Waals surface area contributed by atoms with E-state index in [4.69, 9.17) is 9.47 Å². The van der Waals surface area contributed by atoms with Crippen LogP contribution in [-0.4, -0.2) is 72.6 Å². The van der Waals surface area contributed by atoms with Crippen LogP contribution >= 0.6 is 0 Å². The second kappa shape index (κ2) is 11.2. The minimum Gasteiger partial charge on any atom is -0.491 e. The Morgan fingerprint density at radius 1 is 1.17 bits per heavy atom. The van der Waals surface area contributed by atoms with E-state index in [2.05, 4.69) is 29.0 Å². The lowest BCUT2D eigenvalue weighted by atomic mass is 10.0. The molecule has 1 aromatic heterocycles. The lowest BCUT2D eigenvalue weighted by Gasteiger charge is -2.36. The molecule has 2 aliphatic rings. The van der Waals surface area contributed by atoms with E-state index in [0.717, 1.165) is 25.9 Å². The smallest absolute Gasteiger partial charge is 0.257 e. The van der Waals surface area contributed by atoms with E-state index in [9.17, 15) is 9.59 Å². The number of carbonyl (C=O) groups is 2. The minimum absolute atomic E-state index is 0.00785. The number of likely N-dealkylation sites (N-methyl/N-ethyl adjacent to an activating group) is 1. The molecule has 8 heteroatoms. The number of nitrogens with zero attached hydrogens (tertiary/aromatic N) is 3. The number of carbonyl (C=O) groups excluding carboxylic acids is 2. The first kappa shape index (κ1) is 25.1. The van der Waals surface area contributed by atoms with E-state index in [1.165, 1.54) is 5.56 Å². The Hall–Kier alpha value is -2.97. The van der Waals surface area contributed by atoms with Gasteiger partial charge in [-0.3, -0.25) is 19.5 Å². The van der Waals surface area contributed by atoms with Crippen LogP contribution in [0.25, 0.3) is 0 Å². The number of pyridine rings is 1. The van der Waals surface area contributed by atoms with Crippen molar-refractivity contribution < 1.29 is 19.1 Å². The number of hydrogen-bond donors (Lipinski definition) is 1. The van der Waals surface area contributed by atoms with Crippen molar-refractivity contribution in [3.05, 3.63) is 53.9 Å². The maximum absolute atomic E-state index is 13.5. The molecule has 0 radical (unpaired) electrons. The van der Waals surface area contributed by atoms with Gasteiger partial charge in [0.15, 0.2) is 0 Å². The SMILES string of the molecule is CO[C@@H]1CN(C)C(=O)c2cc(NC(=O)C3CC3)ccc2OC[C@@H](C)N(Cc2ccncc2)C[C@H]1C. The zero-order valence-corrected chi connectivity index (χ0v) is 21.1. The van der Waals surface area contributed by atoms with E-state index < -0.39 is 0 Å². The molecule has 1 aliphatic heterocycles. The number of nitrogens with one attached hydrogen (secondary N) is 1. The highest BCUT2D eigenvalue weighted by atomic mass is 16.5. The summed E-state index contributed by atoms with van der Waals surface area (Å²) in [5.41, 5.74) is 2.24. The molecule has 2 aromatic rings. The molecule has 1 fully saturated rings. The van der Waals surface area contributed by atoms with Gasteiger partial charge in [0.05, 0.1) is 11.7 Å². The molecule has 0 unspecified atom stereocenters. The molecule has 0 spiro atoms. The third-order valence-electron chi connectivity index (χ3n) is 6.92. The standard InChI is InChI=1S/C27H36N4O4/c1-18-14-31(15-20-9-11-28-12-10-20)19(2)17-35-24-8-7-22(29-26(32)21-5-6-21)13-23(24)27(33)30(3)16-25(18)34-4/h7-13,18-19,21,25H,5-6,14-17H2,1-4H3,(H,29,32)/t18-,19-,25-/m1/s1. The number of benzene rings is 1. The van der Waals surface area contributed by atoms with Crippen molar-refractivity contribution in [1.82, 2.24) is 14.8 Å². The Bertz CT molecular complexity index is 1030. The summed E-state index contributed by atoms with van der Waals surface area (Å²) in [6, 6.07) is 9.47. The summed E-state index contributed by atoms with van der Waals surface area (Å²) in [6.07, 6.45) is 5.34. The van der Waals surface area contributed by atoms with Crippen LogP contribution < -0.4 is 10.1 Å². The van der Waals surface area contributed by atoms with Crippen LogP contribution in [0.5, 0.6) is 5.75 Å². The van der Waals surface area contributed by atoms with Crippen LogP contribution in [0.2, 0.25) is 0 Å². The van der Waals surface area contributed by atoms with Gasteiger partial charge in [0.25, 0.3) is 5.91 Å². The summed E-state index contributed by atoms with van der Waals surface area (Å²) in [7, 11) is 3.48. The molecule has 2 heterocycles. The van der Waals surface area contributed by atoms with Crippen LogP contribution in [0.3, 0.4) is 0 Å². The Kier molecular flexibility index (Phi) is 8.03. The molecule has 0 bridgehead atoms. The lowest BCUT2D eigenvalue weighted by molar-refractivity contribution is -0.117. The first-order valence-corrected chi connectivity index (χ1v) is 12.3. The van der Waals surface area contributed by atoms with Gasteiger partial charge in [0.1, 0.15) is 12.4 Å². The van der Waals surface area contributed by atoms with Crippen LogP contribution in [0.15, 0.2) is 42.7 Å². The molecule has 1 aromatic carbocycles. The first-order valence-electron chi connectivity index (χ1n) is 12.3. The van der Waals surface area contributed by atoms with Gasteiger partial charge in [-0.25, -0.2) is 0 Å². The molecule has 4 rings (SSSR count).